The molecule has 0 aliphatic carbocycles. The molecule has 2 aliphatic heterocycles. The zero-order valence-electron chi connectivity index (χ0n) is 22.4. The molecule has 6 unspecified atom stereocenters. The highest BCUT2D eigenvalue weighted by Crippen LogP contribution is 2.31. The number of aliphatic hydroxyl groups is 11. The minimum atomic E-state index is -1.99. The van der Waals surface area contributed by atoms with Crippen molar-refractivity contribution in [3.63, 3.8) is 0 Å². The number of aromatic nitrogens is 2. The maximum atomic E-state index is 10.9. The number of ether oxygens (including phenoxy) is 4. The summed E-state index contributed by atoms with van der Waals surface area (Å²) in [5.41, 5.74) is 1.94. The topological polar surface area (TPSA) is 288 Å². The lowest BCUT2D eigenvalue weighted by Gasteiger charge is -2.46. The summed E-state index contributed by atoms with van der Waals surface area (Å²) in [7, 11) is 0. The molecule has 2 aromatic rings. The first-order valence-corrected chi connectivity index (χ1v) is 13.3. The molecule has 12 N–H and O–H groups in total. The van der Waals surface area contributed by atoms with Gasteiger partial charge >= 0.3 is 0 Å². The van der Waals surface area contributed by atoms with Crippen LogP contribution in [0.4, 0.5) is 0 Å². The van der Waals surface area contributed by atoms with Gasteiger partial charge in [-0.25, -0.2) is 4.98 Å². The summed E-state index contributed by atoms with van der Waals surface area (Å²) in [6.45, 7) is -0.726. The number of hydrogen-bond donors (Lipinski definition) is 12. The van der Waals surface area contributed by atoms with E-state index in [1.54, 1.807) is 18.2 Å². The van der Waals surface area contributed by atoms with E-state index in [2.05, 4.69) is 9.97 Å². The SMILES string of the molecule is Cc1ccc2nc(C(O)[C@@H](O)[C@H](O[C@H]3OC(CO)[C@@H](O[C@H]4OC(CO)[C@@H](O)[C@H](O)C4O)[C@H](O)C3O)C(O)CO)[nH]c2c1. The minimum absolute atomic E-state index is 0.0896. The van der Waals surface area contributed by atoms with Crippen LogP contribution in [0.25, 0.3) is 11.0 Å². The van der Waals surface area contributed by atoms with Crippen LogP contribution in [0, 0.1) is 6.92 Å². The van der Waals surface area contributed by atoms with Crippen molar-refractivity contribution in [3.05, 3.63) is 29.6 Å². The molecule has 3 heterocycles. The summed E-state index contributed by atoms with van der Waals surface area (Å²) in [5, 5.41) is 113. The number of aromatic amines is 1. The lowest BCUT2D eigenvalue weighted by molar-refractivity contribution is -0.368. The van der Waals surface area contributed by atoms with Crippen molar-refractivity contribution in [2.24, 2.45) is 0 Å². The van der Waals surface area contributed by atoms with Gasteiger partial charge in [-0.1, -0.05) is 6.07 Å². The number of H-pyrrole nitrogens is 1. The van der Waals surface area contributed by atoms with Crippen LogP contribution in [-0.4, -0.2) is 166 Å². The smallest absolute Gasteiger partial charge is 0.187 e. The molecule has 2 aliphatic rings. The van der Waals surface area contributed by atoms with Gasteiger partial charge in [0.05, 0.1) is 30.9 Å². The molecule has 0 amide bonds. The van der Waals surface area contributed by atoms with Crippen LogP contribution < -0.4 is 0 Å². The number of nitrogens with zero attached hydrogens (tertiary/aromatic N) is 1. The van der Waals surface area contributed by atoms with Crippen LogP contribution in [0.15, 0.2) is 18.2 Å². The number of benzene rings is 1. The Balaban J connectivity index is 1.49. The van der Waals surface area contributed by atoms with Crippen molar-refractivity contribution in [2.75, 3.05) is 19.8 Å². The Kier molecular flexibility index (Phi) is 10.8. The average molecular weight is 607 g/mol. The summed E-state index contributed by atoms with van der Waals surface area (Å²) < 4.78 is 21.8. The summed E-state index contributed by atoms with van der Waals surface area (Å²) >= 11 is 0. The van der Waals surface area contributed by atoms with Gasteiger partial charge < -0.3 is 80.1 Å². The van der Waals surface area contributed by atoms with E-state index in [-0.39, 0.29) is 5.82 Å². The summed E-state index contributed by atoms with van der Waals surface area (Å²) in [6, 6.07) is 5.23. The molecule has 1 aromatic carbocycles. The molecule has 17 nitrogen and oxygen atoms in total. The fraction of sp³-hybridized carbons (Fsp3) is 0.720. The van der Waals surface area contributed by atoms with E-state index in [0.29, 0.717) is 11.0 Å². The molecule has 2 saturated heterocycles. The third-order valence-corrected chi connectivity index (χ3v) is 7.41. The number of nitrogens with one attached hydrogen (secondary N) is 1. The molecule has 0 spiro atoms. The fourth-order valence-electron chi connectivity index (χ4n) is 4.95. The van der Waals surface area contributed by atoms with Crippen molar-refractivity contribution in [1.82, 2.24) is 9.97 Å². The van der Waals surface area contributed by atoms with Crippen molar-refractivity contribution in [1.29, 1.82) is 0 Å². The van der Waals surface area contributed by atoms with Crippen LogP contribution >= 0.6 is 0 Å². The van der Waals surface area contributed by atoms with Crippen LogP contribution in [0.1, 0.15) is 17.5 Å². The molecular formula is C25H38N2O15. The molecular weight excluding hydrogens is 568 g/mol. The van der Waals surface area contributed by atoms with Gasteiger partial charge in [0.2, 0.25) is 0 Å². The monoisotopic (exact) mass is 606 g/mol. The second-order valence-electron chi connectivity index (χ2n) is 10.4. The fourth-order valence-corrected chi connectivity index (χ4v) is 4.95. The molecule has 1 aromatic heterocycles. The van der Waals surface area contributed by atoms with E-state index < -0.39 is 106 Å². The molecule has 4 rings (SSSR count). The standard InChI is InChI=1S/C25H38N2O15/c1-8-2-3-9-10(4-8)27-23(26-9)18(36)16(34)21(11(31)5-28)41-25-20(38)17(35)22(13(7-30)40-25)42-24-19(37)15(33)14(32)12(6-29)39-24/h2-4,11-22,24-25,28-38H,5-7H2,1H3,(H,26,27)/t11?,12?,13?,14-,15+,16-,17-,18?,19?,20?,21-,22-,24-,25-/m1/s1. The van der Waals surface area contributed by atoms with Gasteiger partial charge in [0.15, 0.2) is 12.6 Å². The second kappa shape index (κ2) is 13.8. The van der Waals surface area contributed by atoms with Gasteiger partial charge in [0.1, 0.15) is 79.1 Å². The van der Waals surface area contributed by atoms with E-state index in [1.165, 1.54) is 0 Å². The predicted molar refractivity (Wildman–Crippen MR) is 136 cm³/mol. The molecule has 238 valence electrons. The van der Waals surface area contributed by atoms with Gasteiger partial charge in [-0.15, -0.1) is 0 Å². The Morgan fingerprint density at radius 1 is 0.857 bits per heavy atom. The molecule has 0 saturated carbocycles. The van der Waals surface area contributed by atoms with E-state index >= 15 is 0 Å². The van der Waals surface area contributed by atoms with Crippen molar-refractivity contribution in [2.45, 2.75) is 92.8 Å². The Morgan fingerprint density at radius 2 is 1.50 bits per heavy atom. The lowest BCUT2D eigenvalue weighted by atomic mass is 9.96. The zero-order valence-corrected chi connectivity index (χ0v) is 22.4. The van der Waals surface area contributed by atoms with Gasteiger partial charge in [-0.3, -0.25) is 0 Å². The normalized spacial score (nSPS) is 37.0. The minimum Gasteiger partial charge on any atom is -0.394 e. The number of rotatable bonds is 11. The van der Waals surface area contributed by atoms with Crippen molar-refractivity contribution in [3.8, 4) is 0 Å². The van der Waals surface area contributed by atoms with Gasteiger partial charge in [-0.2, -0.15) is 0 Å². The number of fused-ring (bicyclic) bond motifs is 1. The van der Waals surface area contributed by atoms with Crippen LogP contribution in [0.3, 0.4) is 0 Å². The highest BCUT2D eigenvalue weighted by atomic mass is 16.7. The first kappa shape index (κ1) is 33.0. The van der Waals surface area contributed by atoms with Gasteiger partial charge in [0.25, 0.3) is 0 Å². The van der Waals surface area contributed by atoms with Crippen LogP contribution in [0.5, 0.6) is 0 Å². The average Bonchev–Trinajstić information content (AvgIpc) is 3.41. The largest absolute Gasteiger partial charge is 0.394 e. The zero-order chi connectivity index (χ0) is 30.9. The second-order valence-corrected chi connectivity index (χ2v) is 10.4. The van der Waals surface area contributed by atoms with Crippen molar-refractivity contribution < 1.29 is 75.1 Å². The Morgan fingerprint density at radius 3 is 2.14 bits per heavy atom. The maximum absolute atomic E-state index is 10.9. The lowest BCUT2D eigenvalue weighted by Crippen LogP contribution is -2.65. The maximum Gasteiger partial charge on any atom is 0.187 e. The molecule has 42 heavy (non-hydrogen) atoms. The number of hydrogen-bond acceptors (Lipinski definition) is 16. The summed E-state index contributed by atoms with van der Waals surface area (Å²) in [5.74, 6) is -0.0896. The highest BCUT2D eigenvalue weighted by molar-refractivity contribution is 5.75. The van der Waals surface area contributed by atoms with Crippen LogP contribution in [0.2, 0.25) is 0 Å². The summed E-state index contributed by atoms with van der Waals surface area (Å²) in [6.07, 6.45) is -24.7. The number of aliphatic hydroxyl groups excluding tert-OH is 11. The van der Waals surface area contributed by atoms with Gasteiger partial charge in [-0.05, 0) is 24.6 Å². The summed E-state index contributed by atoms with van der Waals surface area (Å²) in [4.78, 5) is 7.07. The molecule has 2 fully saturated rings. The number of imidazole rings is 1. The number of aryl methyl sites for hydroxylation is 1. The third kappa shape index (κ3) is 6.60. The Hall–Kier alpha value is -1.91. The molecule has 14 atom stereocenters. The van der Waals surface area contributed by atoms with Crippen LogP contribution in [-0.2, 0) is 18.9 Å². The predicted octanol–water partition coefficient (Wildman–Crippen LogP) is -5.37. The van der Waals surface area contributed by atoms with E-state index in [0.717, 1.165) is 5.56 Å². The third-order valence-electron chi connectivity index (χ3n) is 7.41. The Labute approximate surface area is 238 Å². The van der Waals surface area contributed by atoms with E-state index in [9.17, 15) is 56.2 Å². The molecule has 0 radical (unpaired) electrons. The molecule has 17 heteroatoms. The first-order valence-electron chi connectivity index (χ1n) is 13.3. The van der Waals surface area contributed by atoms with E-state index in [4.69, 9.17) is 18.9 Å². The quantitative estimate of drug-likeness (QED) is 0.114. The molecule has 0 bridgehead atoms. The first-order chi connectivity index (χ1) is 19.9. The van der Waals surface area contributed by atoms with E-state index in [1.807, 2.05) is 6.92 Å². The highest BCUT2D eigenvalue weighted by Gasteiger charge is 2.52. The van der Waals surface area contributed by atoms with Gasteiger partial charge in [0, 0.05) is 0 Å². The Bertz CT molecular complexity index is 1150. The van der Waals surface area contributed by atoms with Crippen molar-refractivity contribution >= 4 is 11.0 Å².